The monoisotopic (exact) mass is 400 g/mol. The molecule has 0 radical (unpaired) electrons. The topological polar surface area (TPSA) is 104 Å². The van der Waals surface area contributed by atoms with E-state index in [9.17, 15) is 4.79 Å². The third-order valence-electron chi connectivity index (χ3n) is 2.44. The van der Waals surface area contributed by atoms with E-state index < -0.39 is 5.91 Å². The van der Waals surface area contributed by atoms with Gasteiger partial charge in [0.15, 0.2) is 3.77 Å². The lowest BCUT2D eigenvalue weighted by Gasteiger charge is -1.97. The number of hydrogen-bond donors (Lipinski definition) is 2. The number of nitrogens with two attached hydrogens (primary N) is 1. The summed E-state index contributed by atoms with van der Waals surface area (Å²) in [6.07, 6.45) is 1.40. The fraction of sp³-hybridized carbons (Fsp3) is 0.0833. The maximum atomic E-state index is 11.9. The SMILES string of the molecule is Cc1c(C(=O)N/N=C\c2ccc(I)o2)sc(N)c1C#N. The van der Waals surface area contributed by atoms with Crippen LogP contribution in [0.3, 0.4) is 0 Å². The molecule has 2 heterocycles. The normalized spacial score (nSPS) is 10.7. The van der Waals surface area contributed by atoms with Crippen molar-refractivity contribution in [2.45, 2.75) is 6.92 Å². The first-order valence-electron chi connectivity index (χ1n) is 5.40. The molecule has 0 aliphatic carbocycles. The van der Waals surface area contributed by atoms with E-state index in [4.69, 9.17) is 15.4 Å². The van der Waals surface area contributed by atoms with Crippen molar-refractivity contribution in [2.24, 2.45) is 5.10 Å². The van der Waals surface area contributed by atoms with Gasteiger partial charge < -0.3 is 10.2 Å². The van der Waals surface area contributed by atoms with E-state index in [0.29, 0.717) is 26.8 Å². The predicted molar refractivity (Wildman–Crippen MR) is 84.7 cm³/mol. The van der Waals surface area contributed by atoms with Gasteiger partial charge in [-0.1, -0.05) is 0 Å². The summed E-state index contributed by atoms with van der Waals surface area (Å²) in [6.45, 7) is 1.68. The number of thiophene rings is 1. The highest BCUT2D eigenvalue weighted by atomic mass is 127. The van der Waals surface area contributed by atoms with Crippen LogP contribution in [-0.2, 0) is 0 Å². The second-order valence-corrected chi connectivity index (χ2v) is 5.86. The van der Waals surface area contributed by atoms with E-state index in [2.05, 4.69) is 10.5 Å². The number of nitrogens with zero attached hydrogens (tertiary/aromatic N) is 2. The van der Waals surface area contributed by atoms with Gasteiger partial charge in [-0.25, -0.2) is 5.43 Å². The number of hydrazone groups is 1. The molecule has 2 aromatic heterocycles. The van der Waals surface area contributed by atoms with E-state index in [0.717, 1.165) is 15.1 Å². The van der Waals surface area contributed by atoms with Crippen molar-refractivity contribution >= 4 is 51.1 Å². The number of anilines is 1. The molecule has 0 unspecified atom stereocenters. The Balaban J connectivity index is 2.10. The van der Waals surface area contributed by atoms with Crippen LogP contribution in [-0.4, -0.2) is 12.1 Å². The number of hydrogen-bond acceptors (Lipinski definition) is 6. The summed E-state index contributed by atoms with van der Waals surface area (Å²) in [7, 11) is 0. The largest absolute Gasteiger partial charge is 0.449 e. The first-order chi connectivity index (χ1) is 9.52. The number of rotatable bonds is 3. The second-order valence-electron chi connectivity index (χ2n) is 3.75. The van der Waals surface area contributed by atoms with Crippen molar-refractivity contribution in [3.05, 3.63) is 37.7 Å². The van der Waals surface area contributed by atoms with Crippen molar-refractivity contribution in [3.63, 3.8) is 0 Å². The number of nitriles is 1. The molecule has 0 aliphatic heterocycles. The van der Waals surface area contributed by atoms with Gasteiger partial charge in [-0.05, 0) is 47.2 Å². The minimum atomic E-state index is -0.404. The average Bonchev–Trinajstić information content (AvgIpc) is 2.93. The number of halogens is 1. The van der Waals surface area contributed by atoms with Crippen LogP contribution in [0.5, 0.6) is 0 Å². The predicted octanol–water partition coefficient (Wildman–Crippen LogP) is 2.47. The minimum Gasteiger partial charge on any atom is -0.449 e. The van der Waals surface area contributed by atoms with Gasteiger partial charge in [-0.15, -0.1) is 11.3 Å². The van der Waals surface area contributed by atoms with Gasteiger partial charge in [-0.3, -0.25) is 4.79 Å². The molecule has 0 atom stereocenters. The van der Waals surface area contributed by atoms with Crippen LogP contribution >= 0.6 is 33.9 Å². The fourth-order valence-electron chi connectivity index (χ4n) is 1.49. The number of nitrogen functional groups attached to an aromatic ring is 1. The minimum absolute atomic E-state index is 0.333. The standard InChI is InChI=1S/C12H9IN4O2S/c1-6-8(4-14)11(15)20-10(6)12(18)17-16-5-7-2-3-9(13)19-7/h2-3,5H,15H2,1H3,(H,17,18)/b16-5-. The van der Waals surface area contributed by atoms with Crippen LogP contribution in [0.1, 0.15) is 26.6 Å². The van der Waals surface area contributed by atoms with Crippen LogP contribution in [0.2, 0.25) is 0 Å². The number of carbonyl (C=O) groups excluding carboxylic acids is 1. The Morgan fingerprint density at radius 1 is 1.65 bits per heavy atom. The first kappa shape index (κ1) is 14.5. The van der Waals surface area contributed by atoms with Crippen molar-refractivity contribution < 1.29 is 9.21 Å². The molecule has 3 N–H and O–H groups in total. The summed E-state index contributed by atoms with van der Waals surface area (Å²) < 4.78 is 5.99. The van der Waals surface area contributed by atoms with Gasteiger partial charge in [0, 0.05) is 0 Å². The van der Waals surface area contributed by atoms with Crippen LogP contribution in [0.25, 0.3) is 0 Å². The van der Waals surface area contributed by atoms with Gasteiger partial charge in [0.1, 0.15) is 21.7 Å². The quantitative estimate of drug-likeness (QED) is 0.469. The summed E-state index contributed by atoms with van der Waals surface area (Å²) in [5.41, 5.74) is 8.95. The van der Waals surface area contributed by atoms with Gasteiger partial charge in [-0.2, -0.15) is 10.4 Å². The highest BCUT2D eigenvalue weighted by Gasteiger charge is 2.18. The summed E-state index contributed by atoms with van der Waals surface area (Å²) in [4.78, 5) is 12.3. The molecule has 102 valence electrons. The Labute approximate surface area is 132 Å². The van der Waals surface area contributed by atoms with Gasteiger partial charge >= 0.3 is 0 Å². The Bertz CT molecular complexity index is 726. The van der Waals surface area contributed by atoms with Crippen molar-refractivity contribution in [1.29, 1.82) is 5.26 Å². The zero-order valence-electron chi connectivity index (χ0n) is 10.3. The molecule has 0 bridgehead atoms. The molecule has 0 spiro atoms. The van der Waals surface area contributed by atoms with Crippen molar-refractivity contribution in [3.8, 4) is 6.07 Å². The smallest absolute Gasteiger partial charge is 0.281 e. The van der Waals surface area contributed by atoms with Crippen molar-refractivity contribution in [1.82, 2.24) is 5.43 Å². The maximum absolute atomic E-state index is 11.9. The molecule has 1 amide bonds. The average molecular weight is 400 g/mol. The number of carbonyl (C=O) groups is 1. The van der Waals surface area contributed by atoms with E-state index in [1.807, 2.05) is 28.7 Å². The summed E-state index contributed by atoms with van der Waals surface area (Å²) >= 11 is 3.10. The molecular weight excluding hydrogens is 391 g/mol. The lowest BCUT2D eigenvalue weighted by Crippen LogP contribution is -2.17. The molecule has 0 aromatic carbocycles. The summed E-state index contributed by atoms with van der Waals surface area (Å²) in [5, 5.41) is 13.1. The third-order valence-corrected chi connectivity index (χ3v) is 4.14. The molecule has 6 nitrogen and oxygen atoms in total. The van der Waals surface area contributed by atoms with Gasteiger partial charge in [0.25, 0.3) is 5.91 Å². The van der Waals surface area contributed by atoms with Gasteiger partial charge in [0.2, 0.25) is 0 Å². The second kappa shape index (κ2) is 6.06. The molecule has 8 heteroatoms. The van der Waals surface area contributed by atoms with Crippen LogP contribution in [0.4, 0.5) is 5.00 Å². The van der Waals surface area contributed by atoms with E-state index in [1.54, 1.807) is 19.1 Å². The number of nitrogens with one attached hydrogen (secondary N) is 1. The molecule has 0 saturated heterocycles. The highest BCUT2D eigenvalue weighted by molar-refractivity contribution is 14.1. The molecule has 0 saturated carbocycles. The Hall–Kier alpha value is -1.86. The third kappa shape index (κ3) is 3.00. The lowest BCUT2D eigenvalue weighted by atomic mass is 10.2. The molecule has 0 fully saturated rings. The van der Waals surface area contributed by atoms with Crippen LogP contribution in [0.15, 0.2) is 21.7 Å². The fourth-order valence-corrected chi connectivity index (χ4v) is 2.84. The molecule has 2 aromatic rings. The zero-order chi connectivity index (χ0) is 14.7. The highest BCUT2D eigenvalue weighted by Crippen LogP contribution is 2.29. The molecule has 2 rings (SSSR count). The maximum Gasteiger partial charge on any atom is 0.281 e. The van der Waals surface area contributed by atoms with Gasteiger partial charge in [0.05, 0.1) is 11.8 Å². The van der Waals surface area contributed by atoms with E-state index in [-0.39, 0.29) is 0 Å². The number of furan rings is 1. The first-order valence-corrected chi connectivity index (χ1v) is 7.30. The van der Waals surface area contributed by atoms with E-state index in [1.165, 1.54) is 6.21 Å². The summed E-state index contributed by atoms with van der Waals surface area (Å²) in [6, 6.07) is 5.50. The number of amides is 1. The zero-order valence-corrected chi connectivity index (χ0v) is 13.3. The van der Waals surface area contributed by atoms with Crippen molar-refractivity contribution in [2.75, 3.05) is 5.73 Å². The van der Waals surface area contributed by atoms with Crippen LogP contribution in [0, 0.1) is 22.0 Å². The Morgan fingerprint density at radius 2 is 2.40 bits per heavy atom. The molecule has 0 aliphatic rings. The molecule has 20 heavy (non-hydrogen) atoms. The van der Waals surface area contributed by atoms with Crippen LogP contribution < -0.4 is 11.2 Å². The van der Waals surface area contributed by atoms with E-state index >= 15 is 0 Å². The Morgan fingerprint density at radius 3 is 2.95 bits per heavy atom. The summed E-state index contributed by atoms with van der Waals surface area (Å²) in [5.74, 6) is 0.132. The lowest BCUT2D eigenvalue weighted by molar-refractivity contribution is 0.0958. The molecular formula is C12H9IN4O2S. The Kier molecular flexibility index (Phi) is 4.41.